The summed E-state index contributed by atoms with van der Waals surface area (Å²) in [4.78, 5) is 26.6. The molecule has 0 fully saturated rings. The van der Waals surface area contributed by atoms with Gasteiger partial charge in [-0.05, 0) is 36.2 Å². The van der Waals surface area contributed by atoms with Gasteiger partial charge in [0, 0.05) is 18.3 Å². The highest BCUT2D eigenvalue weighted by atomic mass is 16.2. The van der Waals surface area contributed by atoms with Gasteiger partial charge in [-0.15, -0.1) is 0 Å². The van der Waals surface area contributed by atoms with Gasteiger partial charge in [0.1, 0.15) is 0 Å². The number of amides is 2. The Hall–Kier alpha value is -3.40. The minimum atomic E-state index is -0.230. The van der Waals surface area contributed by atoms with Crippen LogP contribution in [0.15, 0.2) is 78.9 Å². The van der Waals surface area contributed by atoms with Crippen LogP contribution >= 0.6 is 0 Å². The zero-order chi connectivity index (χ0) is 19.2. The maximum Gasteiger partial charge on any atom is 0.254 e. The maximum atomic E-state index is 12.9. The number of carbonyl (C=O) groups is 2. The van der Waals surface area contributed by atoms with E-state index in [0.717, 1.165) is 22.4 Å². The first-order chi connectivity index (χ1) is 13.0. The van der Waals surface area contributed by atoms with Crippen LogP contribution in [0.4, 0.5) is 5.69 Å². The highest BCUT2D eigenvalue weighted by Gasteiger charge is 2.18. The van der Waals surface area contributed by atoms with Crippen LogP contribution in [-0.2, 0) is 4.79 Å². The number of rotatable bonds is 5. The molecule has 0 saturated carbocycles. The maximum absolute atomic E-state index is 12.9. The average Bonchev–Trinajstić information content (AvgIpc) is 2.69. The van der Waals surface area contributed by atoms with Gasteiger partial charge in [0.05, 0.1) is 6.54 Å². The molecule has 0 spiro atoms. The van der Waals surface area contributed by atoms with Gasteiger partial charge in [-0.25, -0.2) is 0 Å². The summed E-state index contributed by atoms with van der Waals surface area (Å²) in [5.41, 5.74) is 4.25. The Kier molecular flexibility index (Phi) is 5.67. The highest BCUT2D eigenvalue weighted by molar-refractivity contribution is 6.03. The van der Waals surface area contributed by atoms with Crippen LogP contribution in [0, 0.1) is 6.92 Å². The molecule has 0 saturated heterocycles. The van der Waals surface area contributed by atoms with Gasteiger partial charge < -0.3 is 10.2 Å². The molecule has 0 heterocycles. The zero-order valence-corrected chi connectivity index (χ0v) is 15.5. The third-order valence-corrected chi connectivity index (χ3v) is 4.31. The Labute approximate surface area is 159 Å². The third kappa shape index (κ3) is 4.61. The van der Waals surface area contributed by atoms with Gasteiger partial charge in [0.15, 0.2) is 0 Å². The Bertz CT molecular complexity index is 934. The van der Waals surface area contributed by atoms with Crippen LogP contribution in [0.5, 0.6) is 0 Å². The zero-order valence-electron chi connectivity index (χ0n) is 15.5. The summed E-state index contributed by atoms with van der Waals surface area (Å²) in [7, 11) is 1.64. The number of likely N-dealkylation sites (N-methyl/N-ethyl adjacent to an activating group) is 1. The molecule has 0 aromatic heterocycles. The molecule has 0 unspecified atom stereocenters. The molecule has 1 N–H and O–H groups in total. The van der Waals surface area contributed by atoms with Crippen molar-refractivity contribution in [2.45, 2.75) is 6.92 Å². The second kappa shape index (κ2) is 8.32. The molecule has 0 atom stereocenters. The minimum Gasteiger partial charge on any atom is -0.332 e. The van der Waals surface area contributed by atoms with Crippen molar-refractivity contribution >= 4 is 17.5 Å². The molecule has 3 aromatic carbocycles. The van der Waals surface area contributed by atoms with Gasteiger partial charge in [-0.1, -0.05) is 66.2 Å². The van der Waals surface area contributed by atoms with Gasteiger partial charge in [0.2, 0.25) is 5.91 Å². The molecule has 0 aliphatic heterocycles. The summed E-state index contributed by atoms with van der Waals surface area (Å²) in [6.07, 6.45) is 0. The van der Waals surface area contributed by atoms with Crippen molar-refractivity contribution in [1.82, 2.24) is 4.90 Å². The van der Waals surface area contributed by atoms with Crippen LogP contribution in [0.25, 0.3) is 11.1 Å². The minimum absolute atomic E-state index is 0.0180. The lowest BCUT2D eigenvalue weighted by molar-refractivity contribution is -0.116. The molecule has 4 heteroatoms. The van der Waals surface area contributed by atoms with Crippen LogP contribution < -0.4 is 5.32 Å². The fourth-order valence-corrected chi connectivity index (χ4v) is 2.87. The van der Waals surface area contributed by atoms with E-state index >= 15 is 0 Å². The van der Waals surface area contributed by atoms with E-state index in [1.807, 2.05) is 79.7 Å². The van der Waals surface area contributed by atoms with Crippen LogP contribution in [0.3, 0.4) is 0 Å². The summed E-state index contributed by atoms with van der Waals surface area (Å²) in [6.45, 7) is 1.97. The summed E-state index contributed by atoms with van der Waals surface area (Å²) < 4.78 is 0. The van der Waals surface area contributed by atoms with E-state index < -0.39 is 0 Å². The Morgan fingerprint density at radius 1 is 0.852 bits per heavy atom. The molecular formula is C23H22N2O2. The molecule has 0 bridgehead atoms. The topological polar surface area (TPSA) is 49.4 Å². The number of hydrogen-bond donors (Lipinski definition) is 1. The fourth-order valence-electron chi connectivity index (χ4n) is 2.87. The van der Waals surface area contributed by atoms with E-state index in [2.05, 4.69) is 5.32 Å². The first kappa shape index (κ1) is 18.4. The predicted molar refractivity (Wildman–Crippen MR) is 109 cm³/mol. The third-order valence-electron chi connectivity index (χ3n) is 4.31. The standard InChI is InChI=1S/C23H22N2O2/c1-17-12-14-19(15-13-17)24-22(26)16-25(2)23(27)21-11-7-6-10-20(21)18-8-4-3-5-9-18/h3-15H,16H2,1-2H3,(H,24,26). The number of nitrogens with zero attached hydrogens (tertiary/aromatic N) is 1. The van der Waals surface area contributed by atoms with Crippen molar-refractivity contribution < 1.29 is 9.59 Å². The van der Waals surface area contributed by atoms with Crippen molar-refractivity contribution in [1.29, 1.82) is 0 Å². The lowest BCUT2D eigenvalue weighted by atomic mass is 9.99. The fraction of sp³-hybridized carbons (Fsp3) is 0.130. The van der Waals surface area contributed by atoms with E-state index in [1.54, 1.807) is 13.1 Å². The summed E-state index contributed by atoms with van der Waals surface area (Å²) in [6, 6.07) is 24.8. The molecule has 0 aliphatic rings. The van der Waals surface area contributed by atoms with E-state index in [4.69, 9.17) is 0 Å². The first-order valence-electron chi connectivity index (χ1n) is 8.81. The average molecular weight is 358 g/mol. The summed E-state index contributed by atoms with van der Waals surface area (Å²) in [5.74, 6) is -0.416. The van der Waals surface area contributed by atoms with Crippen molar-refractivity contribution in [2.75, 3.05) is 18.9 Å². The van der Waals surface area contributed by atoms with E-state index in [1.165, 1.54) is 4.90 Å². The van der Waals surface area contributed by atoms with Crippen molar-refractivity contribution in [2.24, 2.45) is 0 Å². The Morgan fingerprint density at radius 2 is 1.48 bits per heavy atom. The molecule has 0 aliphatic carbocycles. The molecular weight excluding hydrogens is 336 g/mol. The van der Waals surface area contributed by atoms with Crippen molar-refractivity contribution in [3.05, 3.63) is 90.0 Å². The van der Waals surface area contributed by atoms with Gasteiger partial charge in [-0.3, -0.25) is 9.59 Å². The lowest BCUT2D eigenvalue weighted by Crippen LogP contribution is -2.35. The number of carbonyl (C=O) groups excluding carboxylic acids is 2. The van der Waals surface area contributed by atoms with Crippen LogP contribution in [-0.4, -0.2) is 30.3 Å². The second-order valence-electron chi connectivity index (χ2n) is 6.49. The van der Waals surface area contributed by atoms with Crippen LogP contribution in [0.2, 0.25) is 0 Å². The van der Waals surface area contributed by atoms with Crippen molar-refractivity contribution in [3.63, 3.8) is 0 Å². The second-order valence-corrected chi connectivity index (χ2v) is 6.49. The van der Waals surface area contributed by atoms with Gasteiger partial charge in [-0.2, -0.15) is 0 Å². The molecule has 2 amide bonds. The van der Waals surface area contributed by atoms with E-state index in [0.29, 0.717) is 5.56 Å². The normalized spacial score (nSPS) is 10.3. The van der Waals surface area contributed by atoms with Gasteiger partial charge >= 0.3 is 0 Å². The molecule has 0 radical (unpaired) electrons. The molecule has 3 aromatic rings. The number of aryl methyl sites for hydroxylation is 1. The number of benzene rings is 3. The monoisotopic (exact) mass is 358 g/mol. The van der Waals surface area contributed by atoms with Gasteiger partial charge in [0.25, 0.3) is 5.91 Å². The summed E-state index contributed by atoms with van der Waals surface area (Å²) in [5, 5.41) is 2.82. The lowest BCUT2D eigenvalue weighted by Gasteiger charge is -2.19. The van der Waals surface area contributed by atoms with Crippen molar-refractivity contribution in [3.8, 4) is 11.1 Å². The number of hydrogen-bond acceptors (Lipinski definition) is 2. The molecule has 27 heavy (non-hydrogen) atoms. The highest BCUT2D eigenvalue weighted by Crippen LogP contribution is 2.24. The largest absolute Gasteiger partial charge is 0.332 e. The molecule has 136 valence electrons. The smallest absolute Gasteiger partial charge is 0.254 e. The van der Waals surface area contributed by atoms with E-state index in [9.17, 15) is 9.59 Å². The predicted octanol–water partition coefficient (Wildman–Crippen LogP) is 4.37. The number of anilines is 1. The summed E-state index contributed by atoms with van der Waals surface area (Å²) >= 11 is 0. The first-order valence-corrected chi connectivity index (χ1v) is 8.81. The Balaban J connectivity index is 1.72. The van der Waals surface area contributed by atoms with Crippen LogP contribution in [0.1, 0.15) is 15.9 Å². The Morgan fingerprint density at radius 3 is 2.19 bits per heavy atom. The molecule has 3 rings (SSSR count). The quantitative estimate of drug-likeness (QED) is 0.736. The molecule has 4 nitrogen and oxygen atoms in total. The number of nitrogens with one attached hydrogen (secondary N) is 1. The SMILES string of the molecule is Cc1ccc(NC(=O)CN(C)C(=O)c2ccccc2-c2ccccc2)cc1. The van der Waals surface area contributed by atoms with E-state index in [-0.39, 0.29) is 18.4 Å².